The van der Waals surface area contributed by atoms with E-state index < -0.39 is 28.9 Å². The van der Waals surface area contributed by atoms with Gasteiger partial charge in [-0.2, -0.15) is 4.98 Å². The van der Waals surface area contributed by atoms with E-state index in [0.29, 0.717) is 5.78 Å². The summed E-state index contributed by atoms with van der Waals surface area (Å²) >= 11 is 0.824. The normalized spacial score (nSPS) is 22.0. The maximum atomic E-state index is 12.5. The summed E-state index contributed by atoms with van der Waals surface area (Å²) in [6, 6.07) is 0. The summed E-state index contributed by atoms with van der Waals surface area (Å²) < 4.78 is 1.69. The van der Waals surface area contributed by atoms with Gasteiger partial charge in [-0.1, -0.05) is 11.8 Å². The number of nitrogens with zero attached hydrogens (tertiary/aromatic N) is 5. The fourth-order valence-corrected chi connectivity index (χ4v) is 5.09. The molecule has 0 spiro atoms. The average Bonchev–Trinajstić information content (AvgIpc) is 3.34. The van der Waals surface area contributed by atoms with Crippen molar-refractivity contribution in [2.45, 2.75) is 31.6 Å². The smallest absolute Gasteiger partial charge is 0.354 e. The molecule has 2 N–H and O–H groups in total. The van der Waals surface area contributed by atoms with Crippen molar-refractivity contribution in [1.29, 1.82) is 0 Å². The molecule has 0 unspecified atom stereocenters. The number of thioether (sulfide) groups is 1. The van der Waals surface area contributed by atoms with Crippen LogP contribution in [0, 0.1) is 6.92 Å². The summed E-state index contributed by atoms with van der Waals surface area (Å²) in [5.74, 6) is -2.63. The number of aromatic nitrogens is 4. The Labute approximate surface area is 161 Å². The minimum absolute atomic E-state index is 0.268. The van der Waals surface area contributed by atoms with Crippen molar-refractivity contribution in [3.63, 3.8) is 0 Å². The first-order chi connectivity index (χ1) is 13.4. The fourth-order valence-electron chi connectivity index (χ4n) is 3.86. The molecule has 0 aromatic carbocycles. The van der Waals surface area contributed by atoms with Gasteiger partial charge in [-0.25, -0.2) is 19.1 Å². The maximum absolute atomic E-state index is 12.5. The molecule has 2 aliphatic heterocycles. The average molecular weight is 399 g/mol. The summed E-state index contributed by atoms with van der Waals surface area (Å²) in [6.07, 6.45) is 4.34. The standard InChI is InChI=1S/C17H13N5O5S/c1-6-7-3-2-4-9(7)22-17(18-6)19-10(20-22)5-8-13(23)21-11(15(24)25)12(16(26)27)28-14(8)21/h5,14H,2-4H2,1H3,(H,24,25)(H,26,27)/b8-5-/t14-/m1/s1. The van der Waals surface area contributed by atoms with E-state index in [1.807, 2.05) is 6.92 Å². The first-order valence-electron chi connectivity index (χ1n) is 8.54. The summed E-state index contributed by atoms with van der Waals surface area (Å²) in [6.45, 7) is 1.94. The topological polar surface area (TPSA) is 138 Å². The molecule has 142 valence electrons. The zero-order valence-electron chi connectivity index (χ0n) is 14.5. The Bertz CT molecular complexity index is 1180. The first kappa shape index (κ1) is 16.9. The van der Waals surface area contributed by atoms with Crippen LogP contribution in [0.5, 0.6) is 0 Å². The number of aliphatic carboxylic acids is 2. The highest BCUT2D eigenvalue weighted by Crippen LogP contribution is 2.49. The van der Waals surface area contributed by atoms with Gasteiger partial charge in [0.2, 0.25) is 0 Å². The van der Waals surface area contributed by atoms with Crippen LogP contribution >= 0.6 is 11.8 Å². The lowest BCUT2D eigenvalue weighted by atomic mass is 10.0. The van der Waals surface area contributed by atoms with Gasteiger partial charge in [0, 0.05) is 5.69 Å². The van der Waals surface area contributed by atoms with Crippen molar-refractivity contribution in [3.05, 3.63) is 39.0 Å². The molecule has 1 amide bonds. The van der Waals surface area contributed by atoms with E-state index in [4.69, 9.17) is 0 Å². The van der Waals surface area contributed by atoms with Gasteiger partial charge < -0.3 is 10.2 Å². The van der Waals surface area contributed by atoms with Crippen LogP contribution in [0.15, 0.2) is 16.2 Å². The van der Waals surface area contributed by atoms with Crippen LogP contribution in [0.3, 0.4) is 0 Å². The van der Waals surface area contributed by atoms with E-state index >= 15 is 0 Å². The number of carboxylic acid groups (broad SMARTS) is 2. The molecule has 11 heteroatoms. The van der Waals surface area contributed by atoms with Gasteiger partial charge in [0.15, 0.2) is 11.5 Å². The lowest BCUT2D eigenvalue weighted by Crippen LogP contribution is -2.51. The molecule has 1 saturated heterocycles. The predicted octanol–water partition coefficient (Wildman–Crippen LogP) is 0.601. The van der Waals surface area contributed by atoms with Crippen LogP contribution in [0.1, 0.15) is 29.2 Å². The predicted molar refractivity (Wildman–Crippen MR) is 96.0 cm³/mol. The second-order valence-corrected chi connectivity index (χ2v) is 7.78. The van der Waals surface area contributed by atoms with E-state index in [1.165, 1.54) is 11.6 Å². The van der Waals surface area contributed by atoms with Crippen molar-refractivity contribution in [3.8, 4) is 0 Å². The van der Waals surface area contributed by atoms with E-state index in [9.17, 15) is 24.6 Å². The van der Waals surface area contributed by atoms with Crippen molar-refractivity contribution in [2.75, 3.05) is 0 Å². The molecule has 1 atom stereocenters. The summed E-state index contributed by atoms with van der Waals surface area (Å²) in [5, 5.41) is 22.3. The van der Waals surface area contributed by atoms with Crippen LogP contribution in [-0.2, 0) is 27.2 Å². The Morgan fingerprint density at radius 3 is 2.71 bits per heavy atom. The summed E-state index contributed by atoms with van der Waals surface area (Å²) in [4.78, 5) is 44.7. The number of amides is 1. The van der Waals surface area contributed by atoms with Crippen molar-refractivity contribution in [1.82, 2.24) is 24.5 Å². The molecule has 1 aliphatic carbocycles. The third-order valence-electron chi connectivity index (χ3n) is 5.09. The molecule has 2 aromatic rings. The first-order valence-corrected chi connectivity index (χ1v) is 9.42. The monoisotopic (exact) mass is 399 g/mol. The second-order valence-electron chi connectivity index (χ2n) is 6.69. The fraction of sp³-hybridized carbons (Fsp3) is 0.294. The molecular formula is C17H13N5O5S. The van der Waals surface area contributed by atoms with E-state index in [-0.39, 0.29) is 16.3 Å². The van der Waals surface area contributed by atoms with Gasteiger partial charge >= 0.3 is 11.9 Å². The molecule has 0 bridgehead atoms. The number of carboxylic acids is 2. The number of carbonyl (C=O) groups is 3. The SMILES string of the molecule is Cc1nc2nc(/C=C3/C(=O)N4C(C(=O)O)=C(C(=O)O)S[C@H]34)nn2c2c1CCC2. The molecule has 28 heavy (non-hydrogen) atoms. The zero-order chi connectivity index (χ0) is 19.7. The van der Waals surface area contributed by atoms with Crippen LogP contribution in [0.2, 0.25) is 0 Å². The van der Waals surface area contributed by atoms with Gasteiger partial charge in [-0.05, 0) is 37.8 Å². The van der Waals surface area contributed by atoms with E-state index in [2.05, 4.69) is 15.1 Å². The molecular weight excluding hydrogens is 386 g/mol. The summed E-state index contributed by atoms with van der Waals surface area (Å²) in [5.41, 5.74) is 2.94. The van der Waals surface area contributed by atoms with Gasteiger partial charge in [0.25, 0.3) is 11.7 Å². The van der Waals surface area contributed by atoms with E-state index in [1.54, 1.807) is 4.52 Å². The Hall–Kier alpha value is -3.21. The van der Waals surface area contributed by atoms with Crippen LogP contribution < -0.4 is 0 Å². The van der Waals surface area contributed by atoms with Crippen molar-refractivity contribution < 1.29 is 24.6 Å². The third kappa shape index (κ3) is 2.16. The van der Waals surface area contributed by atoms with Crippen molar-refractivity contribution >= 4 is 41.5 Å². The third-order valence-corrected chi connectivity index (χ3v) is 6.38. The van der Waals surface area contributed by atoms with Crippen LogP contribution in [0.25, 0.3) is 11.9 Å². The zero-order valence-corrected chi connectivity index (χ0v) is 15.4. The van der Waals surface area contributed by atoms with E-state index in [0.717, 1.165) is 47.3 Å². The number of carbonyl (C=O) groups excluding carboxylic acids is 1. The number of β-lactam (4-membered cyclic amide) rings is 1. The molecule has 0 saturated carbocycles. The highest BCUT2D eigenvalue weighted by atomic mass is 32.2. The van der Waals surface area contributed by atoms with Crippen LogP contribution in [0.4, 0.5) is 0 Å². The lowest BCUT2D eigenvalue weighted by Gasteiger charge is -2.36. The molecule has 0 radical (unpaired) electrons. The lowest BCUT2D eigenvalue weighted by molar-refractivity contribution is -0.141. The molecule has 5 rings (SSSR count). The highest BCUT2D eigenvalue weighted by Gasteiger charge is 2.54. The highest BCUT2D eigenvalue weighted by molar-refractivity contribution is 8.05. The quantitative estimate of drug-likeness (QED) is 0.561. The van der Waals surface area contributed by atoms with Gasteiger partial charge in [0.05, 0.1) is 11.3 Å². The Morgan fingerprint density at radius 2 is 2.00 bits per heavy atom. The van der Waals surface area contributed by atoms with Gasteiger partial charge in [0.1, 0.15) is 10.3 Å². The Morgan fingerprint density at radius 1 is 1.21 bits per heavy atom. The van der Waals surface area contributed by atoms with Crippen LogP contribution in [-0.4, -0.2) is 57.9 Å². The van der Waals surface area contributed by atoms with Gasteiger partial charge in [-0.15, -0.1) is 5.10 Å². The molecule has 2 aromatic heterocycles. The number of hydrogen-bond acceptors (Lipinski definition) is 7. The summed E-state index contributed by atoms with van der Waals surface area (Å²) in [7, 11) is 0. The van der Waals surface area contributed by atoms with Crippen molar-refractivity contribution in [2.24, 2.45) is 0 Å². The minimum atomic E-state index is -1.44. The Kier molecular flexibility index (Phi) is 3.41. The molecule has 3 aliphatic rings. The van der Waals surface area contributed by atoms with Gasteiger partial charge in [-0.3, -0.25) is 9.69 Å². The number of aryl methyl sites for hydroxylation is 2. The molecule has 1 fully saturated rings. The molecule has 4 heterocycles. The number of fused-ring (bicyclic) bond motifs is 4. The Balaban J connectivity index is 1.53. The maximum Gasteiger partial charge on any atom is 0.354 e. The largest absolute Gasteiger partial charge is 0.477 e. The number of hydrogen-bond donors (Lipinski definition) is 2. The second kappa shape index (κ2) is 5.64. The molecule has 10 nitrogen and oxygen atoms in total. The number of rotatable bonds is 3. The minimum Gasteiger partial charge on any atom is -0.477 e.